The molecule has 0 N–H and O–H groups in total. The van der Waals surface area contributed by atoms with Crippen LogP contribution in [0.3, 0.4) is 0 Å². The van der Waals surface area contributed by atoms with Crippen LogP contribution in [0.15, 0.2) is 18.5 Å². The molecule has 7 heteroatoms. The lowest BCUT2D eigenvalue weighted by Crippen LogP contribution is -2.32. The van der Waals surface area contributed by atoms with E-state index < -0.39 is 4.92 Å². The highest BCUT2D eigenvalue weighted by Gasteiger charge is 2.21. The van der Waals surface area contributed by atoms with Gasteiger partial charge < -0.3 is 4.90 Å². The summed E-state index contributed by atoms with van der Waals surface area (Å²) in [4.78, 5) is 25.7. The molecule has 114 valence electrons. The molecule has 3 heterocycles. The first kappa shape index (κ1) is 14.4. The Labute approximate surface area is 128 Å². The van der Waals surface area contributed by atoms with Gasteiger partial charge >= 0.3 is 0 Å². The molecule has 0 bridgehead atoms. The van der Waals surface area contributed by atoms with E-state index in [-0.39, 0.29) is 5.69 Å². The van der Waals surface area contributed by atoms with Crippen LogP contribution < -0.4 is 4.90 Å². The first-order valence-corrected chi connectivity index (χ1v) is 7.28. The van der Waals surface area contributed by atoms with Crippen LogP contribution in [-0.4, -0.2) is 26.4 Å². The van der Waals surface area contributed by atoms with Crippen LogP contribution in [0.2, 0.25) is 0 Å². The Morgan fingerprint density at radius 3 is 2.86 bits per heavy atom. The van der Waals surface area contributed by atoms with Crippen molar-refractivity contribution in [3.8, 4) is 0 Å². The van der Waals surface area contributed by atoms with Gasteiger partial charge in [-0.1, -0.05) is 6.92 Å². The number of hydrogen-bond donors (Lipinski definition) is 0. The average Bonchev–Trinajstić information content (AvgIpc) is 2.53. The van der Waals surface area contributed by atoms with Gasteiger partial charge in [-0.15, -0.1) is 0 Å². The molecule has 0 aromatic carbocycles. The second-order valence-corrected chi connectivity index (χ2v) is 5.37. The number of fused-ring (bicyclic) bond motifs is 1. The van der Waals surface area contributed by atoms with E-state index in [1.807, 2.05) is 13.1 Å². The molecule has 0 amide bonds. The molecule has 0 atom stereocenters. The third-order valence-corrected chi connectivity index (χ3v) is 3.90. The van der Waals surface area contributed by atoms with Crippen LogP contribution in [0.5, 0.6) is 0 Å². The van der Waals surface area contributed by atoms with E-state index in [9.17, 15) is 10.1 Å². The third-order valence-electron chi connectivity index (χ3n) is 3.90. The van der Waals surface area contributed by atoms with Crippen molar-refractivity contribution in [2.24, 2.45) is 0 Å². The molecular formula is C15H17N5O2. The van der Waals surface area contributed by atoms with Crippen molar-refractivity contribution in [1.82, 2.24) is 15.0 Å². The fourth-order valence-corrected chi connectivity index (χ4v) is 2.61. The van der Waals surface area contributed by atoms with Crippen LogP contribution in [0.1, 0.15) is 29.6 Å². The molecule has 1 aliphatic rings. The summed E-state index contributed by atoms with van der Waals surface area (Å²) in [6, 6.07) is 1.77. The number of aromatic nitrogens is 3. The first-order valence-electron chi connectivity index (χ1n) is 7.28. The van der Waals surface area contributed by atoms with Gasteiger partial charge in [0.05, 0.1) is 17.2 Å². The quantitative estimate of drug-likeness (QED) is 0.638. The molecular weight excluding hydrogens is 282 g/mol. The number of nitro groups is 1. The topological polar surface area (TPSA) is 85.0 Å². The van der Waals surface area contributed by atoms with Crippen molar-refractivity contribution >= 4 is 11.5 Å². The Kier molecular flexibility index (Phi) is 3.70. The maximum absolute atomic E-state index is 10.9. The summed E-state index contributed by atoms with van der Waals surface area (Å²) in [5.41, 5.74) is 2.87. The SMILES string of the molecule is CCc1ncc2c(n1)CN(c1cc(C)c([N+](=O)[O-])cn1)CC2. The van der Waals surface area contributed by atoms with Crippen molar-refractivity contribution in [2.45, 2.75) is 33.2 Å². The second kappa shape index (κ2) is 5.67. The molecule has 0 aliphatic carbocycles. The predicted molar refractivity (Wildman–Crippen MR) is 81.8 cm³/mol. The summed E-state index contributed by atoms with van der Waals surface area (Å²) in [6.45, 7) is 5.24. The Morgan fingerprint density at radius 1 is 1.36 bits per heavy atom. The number of pyridine rings is 1. The molecule has 0 fully saturated rings. The molecule has 22 heavy (non-hydrogen) atoms. The Balaban J connectivity index is 1.88. The average molecular weight is 299 g/mol. The standard InChI is InChI=1S/C15H17N5O2/c1-3-14-16-7-11-4-5-19(9-12(11)18-14)15-6-10(2)13(8-17-15)20(21)22/h6-8H,3-5,9H2,1-2H3. The zero-order valence-electron chi connectivity index (χ0n) is 12.6. The predicted octanol–water partition coefficient (Wildman–Crippen LogP) is 2.21. The highest BCUT2D eigenvalue weighted by Crippen LogP contribution is 2.25. The van der Waals surface area contributed by atoms with Gasteiger partial charge in [-0.25, -0.2) is 15.0 Å². The number of aryl methyl sites for hydroxylation is 2. The maximum atomic E-state index is 10.9. The third kappa shape index (κ3) is 2.61. The van der Waals surface area contributed by atoms with Crippen LogP contribution in [0.4, 0.5) is 11.5 Å². The molecule has 0 saturated carbocycles. The fraction of sp³-hybridized carbons (Fsp3) is 0.400. The zero-order chi connectivity index (χ0) is 15.7. The highest BCUT2D eigenvalue weighted by atomic mass is 16.6. The zero-order valence-corrected chi connectivity index (χ0v) is 12.6. The minimum absolute atomic E-state index is 0.0525. The molecule has 0 unspecified atom stereocenters. The minimum Gasteiger partial charge on any atom is -0.350 e. The van der Waals surface area contributed by atoms with Gasteiger partial charge in [0.25, 0.3) is 5.69 Å². The summed E-state index contributed by atoms with van der Waals surface area (Å²) in [6.07, 6.45) is 4.91. The van der Waals surface area contributed by atoms with E-state index in [1.54, 1.807) is 13.0 Å². The molecule has 1 aliphatic heterocycles. The van der Waals surface area contributed by atoms with Gasteiger partial charge in [-0.05, 0) is 25.0 Å². The van der Waals surface area contributed by atoms with Gasteiger partial charge in [0.15, 0.2) is 0 Å². The van der Waals surface area contributed by atoms with E-state index in [2.05, 4.69) is 19.9 Å². The summed E-state index contributed by atoms with van der Waals surface area (Å²) in [7, 11) is 0. The minimum atomic E-state index is -0.404. The fourth-order valence-electron chi connectivity index (χ4n) is 2.61. The molecule has 7 nitrogen and oxygen atoms in total. The lowest BCUT2D eigenvalue weighted by Gasteiger charge is -2.29. The van der Waals surface area contributed by atoms with E-state index in [0.29, 0.717) is 12.1 Å². The summed E-state index contributed by atoms with van der Waals surface area (Å²) in [5, 5.41) is 10.9. The van der Waals surface area contributed by atoms with Crippen LogP contribution in [0, 0.1) is 17.0 Å². The van der Waals surface area contributed by atoms with Gasteiger partial charge in [-0.3, -0.25) is 10.1 Å². The van der Waals surface area contributed by atoms with Gasteiger partial charge in [0.1, 0.15) is 17.8 Å². The van der Waals surface area contributed by atoms with Gasteiger partial charge in [0, 0.05) is 24.7 Å². The van der Waals surface area contributed by atoms with Crippen molar-refractivity contribution in [3.05, 3.63) is 51.2 Å². The van der Waals surface area contributed by atoms with E-state index in [0.717, 1.165) is 36.7 Å². The van der Waals surface area contributed by atoms with E-state index in [4.69, 9.17) is 0 Å². The maximum Gasteiger partial charge on any atom is 0.290 e. The smallest absolute Gasteiger partial charge is 0.290 e. The van der Waals surface area contributed by atoms with Crippen LogP contribution >= 0.6 is 0 Å². The van der Waals surface area contributed by atoms with Crippen LogP contribution in [-0.2, 0) is 19.4 Å². The summed E-state index contributed by atoms with van der Waals surface area (Å²) < 4.78 is 0. The number of anilines is 1. The highest BCUT2D eigenvalue weighted by molar-refractivity contribution is 5.50. The monoisotopic (exact) mass is 299 g/mol. The van der Waals surface area contributed by atoms with Crippen molar-refractivity contribution in [2.75, 3.05) is 11.4 Å². The summed E-state index contributed by atoms with van der Waals surface area (Å²) >= 11 is 0. The molecule has 2 aromatic rings. The second-order valence-electron chi connectivity index (χ2n) is 5.37. The first-order chi connectivity index (χ1) is 10.6. The molecule has 2 aromatic heterocycles. The molecule has 0 saturated heterocycles. The molecule has 0 radical (unpaired) electrons. The van der Waals surface area contributed by atoms with Crippen molar-refractivity contribution in [1.29, 1.82) is 0 Å². The Morgan fingerprint density at radius 2 is 2.18 bits per heavy atom. The Hall–Kier alpha value is -2.57. The molecule has 3 rings (SSSR count). The van der Waals surface area contributed by atoms with E-state index >= 15 is 0 Å². The number of hydrogen-bond acceptors (Lipinski definition) is 6. The Bertz CT molecular complexity index is 732. The van der Waals surface area contributed by atoms with Crippen molar-refractivity contribution in [3.63, 3.8) is 0 Å². The lowest BCUT2D eigenvalue weighted by molar-refractivity contribution is -0.385. The molecule has 0 spiro atoms. The largest absolute Gasteiger partial charge is 0.350 e. The normalized spacial score (nSPS) is 13.8. The van der Waals surface area contributed by atoms with Gasteiger partial charge in [-0.2, -0.15) is 0 Å². The summed E-state index contributed by atoms with van der Waals surface area (Å²) in [5.74, 6) is 1.60. The van der Waals surface area contributed by atoms with Crippen LogP contribution in [0.25, 0.3) is 0 Å². The van der Waals surface area contributed by atoms with Crippen molar-refractivity contribution < 1.29 is 4.92 Å². The van der Waals surface area contributed by atoms with E-state index in [1.165, 1.54) is 11.8 Å². The number of rotatable bonds is 3. The number of nitrogens with zero attached hydrogens (tertiary/aromatic N) is 5. The van der Waals surface area contributed by atoms with Gasteiger partial charge in [0.2, 0.25) is 0 Å². The lowest BCUT2D eigenvalue weighted by atomic mass is 10.1.